The zero-order valence-electron chi connectivity index (χ0n) is 30.5. The van der Waals surface area contributed by atoms with Gasteiger partial charge in [0.1, 0.15) is 0 Å². The molecule has 0 spiro atoms. The quantitative estimate of drug-likeness (QED) is 0.0434. The number of hydrogen-bond donors (Lipinski definition) is 0. The fourth-order valence-corrected chi connectivity index (χ4v) is 10.2. The Balaban J connectivity index is 0.680. The fourth-order valence-electron chi connectivity index (χ4n) is 7.94. The van der Waals surface area contributed by atoms with Crippen LogP contribution in [-0.2, 0) is 13.1 Å². The summed E-state index contributed by atoms with van der Waals surface area (Å²) in [7, 11) is 4.25. The minimum absolute atomic E-state index is 1.14. The van der Waals surface area contributed by atoms with Crippen LogP contribution in [0.5, 0.6) is 0 Å². The number of fused-ring (bicyclic) bond motifs is 6. The number of para-hydroxylation sites is 4. The van der Waals surface area contributed by atoms with Gasteiger partial charge in [-0.25, -0.2) is 0 Å². The van der Waals surface area contributed by atoms with E-state index in [-0.39, 0.29) is 0 Å². The lowest BCUT2D eigenvalue weighted by molar-refractivity contribution is 0.547. The molecule has 0 bridgehead atoms. The van der Waals surface area contributed by atoms with Crippen molar-refractivity contribution in [2.24, 2.45) is 0 Å². The number of benzene rings is 4. The summed E-state index contributed by atoms with van der Waals surface area (Å²) < 4.78 is 5.08. The number of hydrogen-bond acceptors (Lipinski definition) is 2. The smallest absolute Gasteiger partial charge is 0.0491 e. The molecule has 50 heavy (non-hydrogen) atoms. The standard InChI is InChI=1S/C46H60N2S2/c1(3-7-11-23-35-47-43-31-19-15-27-39(43)40-28-16-20-32-44(40)47)5-9-13-25-37-49-50-38-26-14-10-6-2-4-8-12-24-36-48-45-33-21-17-29-41(45)42-30-18-22-34-46(42)48/h15-22,27-34H,1-14,23-26,35-38H2. The molecule has 0 aliphatic carbocycles. The molecular weight excluding hydrogens is 645 g/mol. The van der Waals surface area contributed by atoms with Crippen LogP contribution in [0.3, 0.4) is 0 Å². The van der Waals surface area contributed by atoms with Crippen molar-refractivity contribution >= 4 is 65.2 Å². The van der Waals surface area contributed by atoms with E-state index in [4.69, 9.17) is 0 Å². The maximum Gasteiger partial charge on any atom is 0.0491 e. The molecule has 0 N–H and O–H groups in total. The van der Waals surface area contributed by atoms with Crippen molar-refractivity contribution in [1.29, 1.82) is 0 Å². The average Bonchev–Trinajstić information content (AvgIpc) is 3.66. The van der Waals surface area contributed by atoms with Crippen LogP contribution in [0.1, 0.15) is 116 Å². The molecule has 2 aromatic heterocycles. The van der Waals surface area contributed by atoms with Gasteiger partial charge in [-0.05, 0) is 49.9 Å². The van der Waals surface area contributed by atoms with Gasteiger partial charge in [0.05, 0.1) is 0 Å². The summed E-state index contributed by atoms with van der Waals surface area (Å²) in [5.74, 6) is 2.68. The van der Waals surface area contributed by atoms with Crippen molar-refractivity contribution in [3.63, 3.8) is 0 Å². The van der Waals surface area contributed by atoms with E-state index in [0.717, 1.165) is 13.1 Å². The SMILES string of the molecule is c1ccc2c(c1)c1ccccc1n2CCCCCCCCCCCSSCCCCCCCCCCCn1c2ccccc2c2ccccc21. The van der Waals surface area contributed by atoms with Gasteiger partial charge in [0.15, 0.2) is 0 Å². The Morgan fingerprint density at radius 2 is 0.520 bits per heavy atom. The maximum atomic E-state index is 2.54. The second kappa shape index (κ2) is 20.9. The molecule has 0 fully saturated rings. The van der Waals surface area contributed by atoms with Crippen LogP contribution < -0.4 is 0 Å². The van der Waals surface area contributed by atoms with Gasteiger partial charge in [-0.1, -0.05) is 184 Å². The largest absolute Gasteiger partial charge is 0.340 e. The van der Waals surface area contributed by atoms with Crippen molar-refractivity contribution in [1.82, 2.24) is 9.13 Å². The lowest BCUT2D eigenvalue weighted by Crippen LogP contribution is -1.97. The predicted octanol–water partition coefficient (Wildman–Crippen LogP) is 15.0. The predicted molar refractivity (Wildman–Crippen MR) is 227 cm³/mol. The minimum atomic E-state index is 1.14. The molecule has 266 valence electrons. The molecule has 0 saturated heterocycles. The van der Waals surface area contributed by atoms with Gasteiger partial charge in [-0.3, -0.25) is 0 Å². The molecule has 0 saturated carbocycles. The van der Waals surface area contributed by atoms with Gasteiger partial charge in [-0.15, -0.1) is 0 Å². The molecule has 0 atom stereocenters. The Bertz CT molecular complexity index is 1610. The molecule has 4 aromatic carbocycles. The number of rotatable bonds is 25. The number of nitrogens with zero attached hydrogens (tertiary/aromatic N) is 2. The normalized spacial score (nSPS) is 11.9. The lowest BCUT2D eigenvalue weighted by atomic mass is 10.1. The maximum absolute atomic E-state index is 2.54. The van der Waals surface area contributed by atoms with Crippen LogP contribution in [0, 0.1) is 0 Å². The molecule has 0 unspecified atom stereocenters. The van der Waals surface area contributed by atoms with Crippen molar-refractivity contribution < 1.29 is 0 Å². The van der Waals surface area contributed by atoms with Crippen molar-refractivity contribution in [3.8, 4) is 0 Å². The molecule has 4 heteroatoms. The monoisotopic (exact) mass is 704 g/mol. The number of unbranched alkanes of at least 4 members (excludes halogenated alkanes) is 16. The highest BCUT2D eigenvalue weighted by Gasteiger charge is 2.10. The average molecular weight is 705 g/mol. The van der Waals surface area contributed by atoms with Gasteiger partial charge in [0.2, 0.25) is 0 Å². The molecule has 0 amide bonds. The Labute approximate surface area is 310 Å². The van der Waals surface area contributed by atoms with E-state index in [9.17, 15) is 0 Å². The highest BCUT2D eigenvalue weighted by atomic mass is 33.1. The summed E-state index contributed by atoms with van der Waals surface area (Å²) >= 11 is 0. The molecule has 0 aliphatic rings. The van der Waals surface area contributed by atoms with E-state index >= 15 is 0 Å². The molecular formula is C46H60N2S2. The Morgan fingerprint density at radius 1 is 0.280 bits per heavy atom. The van der Waals surface area contributed by atoms with Crippen molar-refractivity contribution in [3.05, 3.63) is 97.1 Å². The molecule has 2 heterocycles. The van der Waals surface area contributed by atoms with E-state index in [0.29, 0.717) is 0 Å². The third-order valence-corrected chi connectivity index (χ3v) is 13.2. The zero-order chi connectivity index (χ0) is 34.1. The number of aromatic nitrogens is 2. The Hall–Kier alpha value is -2.82. The summed E-state index contributed by atoms with van der Waals surface area (Å²) in [5, 5.41) is 5.58. The van der Waals surface area contributed by atoms with E-state index < -0.39 is 0 Å². The number of aryl methyl sites for hydroxylation is 2. The highest BCUT2D eigenvalue weighted by Crippen LogP contribution is 2.31. The van der Waals surface area contributed by atoms with Gasteiger partial charge in [0.25, 0.3) is 0 Å². The Morgan fingerprint density at radius 3 is 0.820 bits per heavy atom. The fraction of sp³-hybridized carbons (Fsp3) is 0.478. The summed E-state index contributed by atoms with van der Waals surface area (Å²) in [4.78, 5) is 0. The van der Waals surface area contributed by atoms with Crippen LogP contribution in [0.25, 0.3) is 43.6 Å². The van der Waals surface area contributed by atoms with Gasteiger partial charge in [-0.2, -0.15) is 0 Å². The van der Waals surface area contributed by atoms with Gasteiger partial charge < -0.3 is 9.13 Å². The van der Waals surface area contributed by atoms with Gasteiger partial charge in [0, 0.05) is 68.2 Å². The van der Waals surface area contributed by atoms with Crippen LogP contribution in [0.4, 0.5) is 0 Å². The molecule has 0 radical (unpaired) electrons. The molecule has 0 aliphatic heterocycles. The van der Waals surface area contributed by atoms with E-state index in [1.54, 1.807) is 0 Å². The van der Waals surface area contributed by atoms with Crippen LogP contribution >= 0.6 is 21.6 Å². The van der Waals surface area contributed by atoms with Crippen molar-refractivity contribution in [2.75, 3.05) is 11.5 Å². The first-order valence-electron chi connectivity index (χ1n) is 20.1. The first kappa shape index (κ1) is 37.0. The van der Waals surface area contributed by atoms with Gasteiger partial charge >= 0.3 is 0 Å². The second-order valence-electron chi connectivity index (χ2n) is 14.4. The summed E-state index contributed by atoms with van der Waals surface area (Å²) in [6.07, 6.45) is 25.0. The third-order valence-electron chi connectivity index (χ3n) is 10.7. The molecule has 6 rings (SSSR count). The first-order chi connectivity index (χ1) is 24.9. The minimum Gasteiger partial charge on any atom is -0.340 e. The third kappa shape index (κ3) is 10.4. The zero-order valence-corrected chi connectivity index (χ0v) is 32.1. The molecule has 2 nitrogen and oxygen atoms in total. The Kier molecular flexibility index (Phi) is 15.4. The summed E-state index contributed by atoms with van der Waals surface area (Å²) in [6.45, 7) is 2.27. The van der Waals surface area contributed by atoms with Crippen LogP contribution in [0.15, 0.2) is 97.1 Å². The first-order valence-corrected chi connectivity index (χ1v) is 22.6. The lowest BCUT2D eigenvalue weighted by Gasteiger charge is -2.08. The van der Waals surface area contributed by atoms with E-state index in [2.05, 4.69) is 128 Å². The van der Waals surface area contributed by atoms with Crippen LogP contribution in [0.2, 0.25) is 0 Å². The van der Waals surface area contributed by atoms with Crippen LogP contribution in [-0.4, -0.2) is 20.6 Å². The topological polar surface area (TPSA) is 9.86 Å². The van der Waals surface area contributed by atoms with E-state index in [1.807, 2.05) is 0 Å². The highest BCUT2D eigenvalue weighted by molar-refractivity contribution is 8.76. The summed E-state index contributed by atoms with van der Waals surface area (Å²) in [5.41, 5.74) is 5.56. The summed E-state index contributed by atoms with van der Waals surface area (Å²) in [6, 6.07) is 35.6. The van der Waals surface area contributed by atoms with E-state index in [1.165, 1.54) is 171 Å². The van der Waals surface area contributed by atoms with Crippen molar-refractivity contribution in [2.45, 2.75) is 129 Å². The second-order valence-corrected chi connectivity index (χ2v) is 17.1. The molecule has 6 aromatic rings.